The van der Waals surface area contributed by atoms with Crippen molar-refractivity contribution in [3.8, 4) is 11.5 Å². The number of rotatable bonds is 11. The lowest BCUT2D eigenvalue weighted by molar-refractivity contribution is 0.0938. The normalized spacial score (nSPS) is 10.8. The van der Waals surface area contributed by atoms with Crippen molar-refractivity contribution in [3.63, 3.8) is 0 Å². The molecule has 5 nitrogen and oxygen atoms in total. The smallest absolute Gasteiger partial charge is 0.180 e. The van der Waals surface area contributed by atoms with Gasteiger partial charge in [-0.1, -0.05) is 35.3 Å². The molecule has 2 aromatic rings. The quantitative estimate of drug-likeness (QED) is 0.564. The van der Waals surface area contributed by atoms with E-state index < -0.39 is 0 Å². The third kappa shape index (κ3) is 6.67. The summed E-state index contributed by atoms with van der Waals surface area (Å²) in [4.78, 5) is 0. The second-order valence-electron chi connectivity index (χ2n) is 5.54. The Morgan fingerprint density at radius 3 is 2.50 bits per heavy atom. The summed E-state index contributed by atoms with van der Waals surface area (Å²) in [5.74, 6) is 1.10. The molecule has 0 atom stereocenters. The summed E-state index contributed by atoms with van der Waals surface area (Å²) in [5.41, 5.74) is 1.97. The van der Waals surface area contributed by atoms with Crippen molar-refractivity contribution in [1.29, 1.82) is 0 Å². The van der Waals surface area contributed by atoms with Gasteiger partial charge in [-0.2, -0.15) is 0 Å². The summed E-state index contributed by atoms with van der Waals surface area (Å²) in [7, 11) is 1.58. The monoisotopic (exact) mass is 399 g/mol. The van der Waals surface area contributed by atoms with E-state index in [1.54, 1.807) is 7.11 Å². The first-order valence-electron chi connectivity index (χ1n) is 8.27. The van der Waals surface area contributed by atoms with Crippen LogP contribution < -0.4 is 14.8 Å². The number of ether oxygens (including phenoxy) is 3. The fourth-order valence-corrected chi connectivity index (χ4v) is 2.71. The number of aliphatic hydroxyl groups excluding tert-OH is 1. The van der Waals surface area contributed by atoms with Crippen LogP contribution >= 0.6 is 23.2 Å². The van der Waals surface area contributed by atoms with Gasteiger partial charge in [-0.25, -0.2) is 0 Å². The Morgan fingerprint density at radius 1 is 1.04 bits per heavy atom. The SMILES string of the molecule is COc1cc(CNCCOCCO)cc(Cl)c1OCc1ccc(Cl)cc1. The second kappa shape index (κ2) is 11.3. The lowest BCUT2D eigenvalue weighted by Gasteiger charge is -2.15. The number of nitrogens with one attached hydrogen (secondary N) is 1. The van der Waals surface area contributed by atoms with Crippen LogP contribution in [0.15, 0.2) is 36.4 Å². The predicted octanol–water partition coefficient (Wildman–Crippen LogP) is 3.68. The maximum absolute atomic E-state index is 8.65. The highest BCUT2D eigenvalue weighted by Gasteiger charge is 2.12. The van der Waals surface area contributed by atoms with Crippen LogP contribution in [0.25, 0.3) is 0 Å². The predicted molar refractivity (Wildman–Crippen MR) is 103 cm³/mol. The van der Waals surface area contributed by atoms with Gasteiger partial charge < -0.3 is 24.6 Å². The van der Waals surface area contributed by atoms with E-state index in [1.165, 1.54) is 0 Å². The van der Waals surface area contributed by atoms with E-state index in [0.717, 1.165) is 11.1 Å². The average Bonchev–Trinajstić information content (AvgIpc) is 2.64. The molecule has 0 aliphatic carbocycles. The summed E-state index contributed by atoms with van der Waals surface area (Å²) in [5, 5.41) is 13.1. The van der Waals surface area contributed by atoms with Gasteiger partial charge in [0.2, 0.25) is 0 Å². The van der Waals surface area contributed by atoms with Gasteiger partial charge >= 0.3 is 0 Å². The van der Waals surface area contributed by atoms with Crippen molar-refractivity contribution in [2.45, 2.75) is 13.2 Å². The first-order valence-corrected chi connectivity index (χ1v) is 9.02. The molecule has 7 heteroatoms. The molecule has 0 unspecified atom stereocenters. The second-order valence-corrected chi connectivity index (χ2v) is 6.38. The van der Waals surface area contributed by atoms with E-state index in [0.29, 0.717) is 54.5 Å². The van der Waals surface area contributed by atoms with Crippen molar-refractivity contribution in [3.05, 3.63) is 57.6 Å². The van der Waals surface area contributed by atoms with Crippen molar-refractivity contribution in [2.75, 3.05) is 33.5 Å². The molecule has 142 valence electrons. The highest BCUT2D eigenvalue weighted by Crippen LogP contribution is 2.37. The number of halogens is 2. The molecule has 0 spiro atoms. The molecule has 0 saturated carbocycles. The van der Waals surface area contributed by atoms with Crippen LogP contribution in [0.4, 0.5) is 0 Å². The van der Waals surface area contributed by atoms with E-state index in [9.17, 15) is 0 Å². The standard InChI is InChI=1S/C19H23Cl2NO4/c1-24-18-11-15(12-22-6-8-25-9-7-23)10-17(21)19(18)26-13-14-2-4-16(20)5-3-14/h2-5,10-11,22-23H,6-9,12-13H2,1H3. The number of aliphatic hydroxyl groups is 1. The molecule has 0 aliphatic rings. The Kier molecular flexibility index (Phi) is 9.01. The molecule has 2 aromatic carbocycles. The van der Waals surface area contributed by atoms with Crippen LogP contribution in [0, 0.1) is 0 Å². The Labute approximate surface area is 163 Å². The third-order valence-corrected chi connectivity index (χ3v) is 4.11. The minimum absolute atomic E-state index is 0.0320. The Morgan fingerprint density at radius 2 is 1.81 bits per heavy atom. The molecule has 0 amide bonds. The van der Waals surface area contributed by atoms with Crippen LogP contribution in [0.5, 0.6) is 11.5 Å². The fraction of sp³-hybridized carbons (Fsp3) is 0.368. The fourth-order valence-electron chi connectivity index (χ4n) is 2.30. The molecule has 0 aliphatic heterocycles. The van der Waals surface area contributed by atoms with Crippen LogP contribution in [0.2, 0.25) is 10.0 Å². The third-order valence-electron chi connectivity index (χ3n) is 3.57. The largest absolute Gasteiger partial charge is 0.493 e. The Hall–Kier alpha value is -1.50. The van der Waals surface area contributed by atoms with Gasteiger partial charge in [0.1, 0.15) is 6.61 Å². The molecular formula is C19H23Cl2NO4. The topological polar surface area (TPSA) is 60.0 Å². The first kappa shape index (κ1) is 20.8. The number of hydrogen-bond acceptors (Lipinski definition) is 5. The highest BCUT2D eigenvalue weighted by atomic mass is 35.5. The lowest BCUT2D eigenvalue weighted by Crippen LogP contribution is -2.20. The number of methoxy groups -OCH3 is 1. The minimum Gasteiger partial charge on any atom is -0.493 e. The van der Waals surface area contributed by atoms with Crippen molar-refractivity contribution in [1.82, 2.24) is 5.32 Å². The molecular weight excluding hydrogens is 377 g/mol. The summed E-state index contributed by atoms with van der Waals surface area (Å²) in [6.07, 6.45) is 0. The van der Waals surface area contributed by atoms with Gasteiger partial charge in [0.05, 0.1) is 32.0 Å². The van der Waals surface area contributed by atoms with Crippen LogP contribution in [-0.4, -0.2) is 38.6 Å². The van der Waals surface area contributed by atoms with E-state index in [-0.39, 0.29) is 6.61 Å². The molecule has 0 saturated heterocycles. The Balaban J connectivity index is 1.94. The molecule has 2 rings (SSSR count). The maximum atomic E-state index is 8.65. The van der Waals surface area contributed by atoms with Gasteiger partial charge in [0.15, 0.2) is 11.5 Å². The molecule has 2 N–H and O–H groups in total. The molecule has 0 bridgehead atoms. The van der Waals surface area contributed by atoms with Crippen LogP contribution in [0.1, 0.15) is 11.1 Å². The summed E-state index contributed by atoms with van der Waals surface area (Å²) < 4.78 is 16.5. The number of benzene rings is 2. The Bertz CT molecular complexity index is 680. The molecule has 0 fully saturated rings. The van der Waals surface area contributed by atoms with Gasteiger partial charge in [-0.05, 0) is 35.4 Å². The molecule has 0 radical (unpaired) electrons. The molecule has 0 heterocycles. The zero-order valence-electron chi connectivity index (χ0n) is 14.6. The van der Waals surface area contributed by atoms with Crippen molar-refractivity contribution in [2.24, 2.45) is 0 Å². The number of hydrogen-bond donors (Lipinski definition) is 2. The van der Waals surface area contributed by atoms with E-state index in [2.05, 4.69) is 5.32 Å². The summed E-state index contributed by atoms with van der Waals surface area (Å²) in [6, 6.07) is 11.2. The van der Waals surface area contributed by atoms with Gasteiger partial charge in [0.25, 0.3) is 0 Å². The molecule has 0 aromatic heterocycles. The highest BCUT2D eigenvalue weighted by molar-refractivity contribution is 6.32. The lowest BCUT2D eigenvalue weighted by atomic mass is 10.2. The average molecular weight is 400 g/mol. The van der Waals surface area contributed by atoms with Gasteiger partial charge in [0, 0.05) is 18.1 Å². The first-order chi connectivity index (χ1) is 12.6. The van der Waals surface area contributed by atoms with E-state index in [1.807, 2.05) is 36.4 Å². The zero-order valence-corrected chi connectivity index (χ0v) is 16.1. The summed E-state index contributed by atoms with van der Waals surface area (Å²) in [6.45, 7) is 2.58. The maximum Gasteiger partial charge on any atom is 0.180 e. The van der Waals surface area contributed by atoms with Crippen LogP contribution in [0.3, 0.4) is 0 Å². The van der Waals surface area contributed by atoms with E-state index >= 15 is 0 Å². The van der Waals surface area contributed by atoms with Crippen molar-refractivity contribution < 1.29 is 19.3 Å². The van der Waals surface area contributed by atoms with Gasteiger partial charge in [-0.15, -0.1) is 0 Å². The van der Waals surface area contributed by atoms with Gasteiger partial charge in [-0.3, -0.25) is 0 Å². The zero-order chi connectivity index (χ0) is 18.8. The minimum atomic E-state index is 0.0320. The van der Waals surface area contributed by atoms with Crippen LogP contribution in [-0.2, 0) is 17.9 Å². The summed E-state index contributed by atoms with van der Waals surface area (Å²) >= 11 is 12.3. The van der Waals surface area contributed by atoms with Crippen molar-refractivity contribution >= 4 is 23.2 Å². The molecule has 26 heavy (non-hydrogen) atoms. The van der Waals surface area contributed by atoms with E-state index in [4.69, 9.17) is 42.5 Å².